The molecule has 0 radical (unpaired) electrons. The van der Waals surface area contributed by atoms with Crippen LogP contribution in [0.15, 0.2) is 18.2 Å². The molecule has 0 fully saturated rings. The van der Waals surface area contributed by atoms with E-state index in [1.54, 1.807) is 13.0 Å². The van der Waals surface area contributed by atoms with Crippen molar-refractivity contribution in [1.82, 2.24) is 0 Å². The van der Waals surface area contributed by atoms with Crippen molar-refractivity contribution in [3.8, 4) is 0 Å². The lowest BCUT2D eigenvalue weighted by molar-refractivity contribution is 0.164. The number of hydrogen-bond donors (Lipinski definition) is 2. The predicted octanol–water partition coefficient (Wildman–Crippen LogP) is 2.03. The number of aryl methyl sites for hydroxylation is 1. The van der Waals surface area contributed by atoms with E-state index in [4.69, 9.17) is 17.3 Å². The van der Waals surface area contributed by atoms with E-state index < -0.39 is 12.1 Å². The summed E-state index contributed by atoms with van der Waals surface area (Å²) in [4.78, 5) is 0. The molecule has 1 aromatic carbocycles. The summed E-state index contributed by atoms with van der Waals surface area (Å²) in [6.45, 7) is 3.62. The van der Waals surface area contributed by atoms with E-state index in [0.29, 0.717) is 5.02 Å². The molecule has 1 rings (SSSR count). The van der Waals surface area contributed by atoms with E-state index >= 15 is 0 Å². The third-order valence-corrected chi connectivity index (χ3v) is 2.37. The van der Waals surface area contributed by atoms with Crippen molar-refractivity contribution in [2.24, 2.45) is 5.73 Å². The SMILES string of the molecule is Cc1ccc(Cl)c([C@H](N)[C@@H](C)O)c1. The van der Waals surface area contributed by atoms with Gasteiger partial charge in [-0.1, -0.05) is 29.3 Å². The summed E-state index contributed by atoms with van der Waals surface area (Å²) >= 11 is 5.94. The van der Waals surface area contributed by atoms with Gasteiger partial charge in [-0.3, -0.25) is 0 Å². The Morgan fingerprint density at radius 1 is 1.46 bits per heavy atom. The van der Waals surface area contributed by atoms with Crippen LogP contribution >= 0.6 is 11.6 Å². The van der Waals surface area contributed by atoms with Gasteiger partial charge in [-0.15, -0.1) is 0 Å². The van der Waals surface area contributed by atoms with E-state index in [2.05, 4.69) is 0 Å². The third kappa shape index (κ3) is 2.44. The third-order valence-electron chi connectivity index (χ3n) is 2.03. The average Bonchev–Trinajstić information content (AvgIpc) is 2.08. The highest BCUT2D eigenvalue weighted by atomic mass is 35.5. The van der Waals surface area contributed by atoms with Crippen LogP contribution in [0.25, 0.3) is 0 Å². The fourth-order valence-corrected chi connectivity index (χ4v) is 1.42. The smallest absolute Gasteiger partial charge is 0.0705 e. The van der Waals surface area contributed by atoms with Gasteiger partial charge in [-0.05, 0) is 25.5 Å². The molecular weight excluding hydrogens is 186 g/mol. The maximum atomic E-state index is 9.31. The number of aliphatic hydroxyl groups is 1. The van der Waals surface area contributed by atoms with Crippen LogP contribution in [-0.4, -0.2) is 11.2 Å². The lowest BCUT2D eigenvalue weighted by Gasteiger charge is -2.16. The molecule has 1 aromatic rings. The summed E-state index contributed by atoms with van der Waals surface area (Å²) in [5, 5.41) is 9.92. The quantitative estimate of drug-likeness (QED) is 0.766. The first-order chi connectivity index (χ1) is 6.02. The van der Waals surface area contributed by atoms with E-state index in [0.717, 1.165) is 11.1 Å². The Kier molecular flexibility index (Phi) is 3.31. The topological polar surface area (TPSA) is 46.2 Å². The first kappa shape index (κ1) is 10.5. The molecule has 0 unspecified atom stereocenters. The summed E-state index contributed by atoms with van der Waals surface area (Å²) in [7, 11) is 0. The lowest BCUT2D eigenvalue weighted by atomic mass is 10.0. The van der Waals surface area contributed by atoms with Gasteiger partial charge in [0.25, 0.3) is 0 Å². The number of nitrogens with two attached hydrogens (primary N) is 1. The molecule has 13 heavy (non-hydrogen) atoms. The number of rotatable bonds is 2. The minimum Gasteiger partial charge on any atom is -0.391 e. The Morgan fingerprint density at radius 2 is 2.08 bits per heavy atom. The molecule has 0 aliphatic rings. The van der Waals surface area contributed by atoms with E-state index in [1.807, 2.05) is 19.1 Å². The van der Waals surface area contributed by atoms with Crippen molar-refractivity contribution < 1.29 is 5.11 Å². The average molecular weight is 200 g/mol. The van der Waals surface area contributed by atoms with Gasteiger partial charge in [0.2, 0.25) is 0 Å². The van der Waals surface area contributed by atoms with Gasteiger partial charge < -0.3 is 10.8 Å². The molecule has 3 N–H and O–H groups in total. The van der Waals surface area contributed by atoms with E-state index in [9.17, 15) is 5.11 Å². The van der Waals surface area contributed by atoms with Gasteiger partial charge in [0.15, 0.2) is 0 Å². The molecular formula is C10H14ClNO. The van der Waals surface area contributed by atoms with Crippen LogP contribution in [0.2, 0.25) is 5.02 Å². The molecule has 0 bridgehead atoms. The van der Waals surface area contributed by atoms with Crippen LogP contribution in [0.1, 0.15) is 24.1 Å². The fraction of sp³-hybridized carbons (Fsp3) is 0.400. The van der Waals surface area contributed by atoms with Crippen LogP contribution < -0.4 is 5.73 Å². The molecule has 2 nitrogen and oxygen atoms in total. The maximum Gasteiger partial charge on any atom is 0.0705 e. The highest BCUT2D eigenvalue weighted by Gasteiger charge is 2.14. The second kappa shape index (κ2) is 4.09. The Bertz CT molecular complexity index is 299. The van der Waals surface area contributed by atoms with Crippen LogP contribution in [-0.2, 0) is 0 Å². The molecule has 2 atom stereocenters. The van der Waals surface area contributed by atoms with Crippen LogP contribution in [0.4, 0.5) is 0 Å². The largest absolute Gasteiger partial charge is 0.391 e. The molecule has 0 aromatic heterocycles. The highest BCUT2D eigenvalue weighted by Crippen LogP contribution is 2.24. The van der Waals surface area contributed by atoms with Gasteiger partial charge in [-0.2, -0.15) is 0 Å². The molecule has 3 heteroatoms. The second-order valence-electron chi connectivity index (χ2n) is 3.29. The zero-order chi connectivity index (χ0) is 10.0. The number of hydrogen-bond acceptors (Lipinski definition) is 2. The Labute approximate surface area is 83.3 Å². The molecule has 72 valence electrons. The van der Waals surface area contributed by atoms with Crippen LogP contribution in [0, 0.1) is 6.92 Å². The molecule has 0 amide bonds. The van der Waals surface area contributed by atoms with Crippen molar-refractivity contribution in [2.45, 2.75) is 26.0 Å². The zero-order valence-corrected chi connectivity index (χ0v) is 8.55. The monoisotopic (exact) mass is 199 g/mol. The van der Waals surface area contributed by atoms with Gasteiger partial charge in [0, 0.05) is 5.02 Å². The van der Waals surface area contributed by atoms with Gasteiger partial charge in [0.05, 0.1) is 12.1 Å². The van der Waals surface area contributed by atoms with E-state index in [-0.39, 0.29) is 0 Å². The number of benzene rings is 1. The highest BCUT2D eigenvalue weighted by molar-refractivity contribution is 6.31. The maximum absolute atomic E-state index is 9.31. The summed E-state index contributed by atoms with van der Waals surface area (Å²) < 4.78 is 0. The number of aliphatic hydroxyl groups excluding tert-OH is 1. The first-order valence-electron chi connectivity index (χ1n) is 4.22. The second-order valence-corrected chi connectivity index (χ2v) is 3.70. The molecule has 0 aliphatic heterocycles. The first-order valence-corrected chi connectivity index (χ1v) is 4.60. The summed E-state index contributed by atoms with van der Waals surface area (Å²) in [5.41, 5.74) is 7.67. The van der Waals surface area contributed by atoms with Crippen molar-refractivity contribution in [2.75, 3.05) is 0 Å². The molecule has 0 spiro atoms. The molecule has 0 saturated carbocycles. The Morgan fingerprint density at radius 3 is 2.62 bits per heavy atom. The molecule has 0 saturated heterocycles. The lowest BCUT2D eigenvalue weighted by Crippen LogP contribution is -2.23. The van der Waals surface area contributed by atoms with Crippen molar-refractivity contribution >= 4 is 11.6 Å². The summed E-state index contributed by atoms with van der Waals surface area (Å²) in [6.07, 6.45) is -0.584. The number of halogens is 1. The molecule has 0 aliphatic carbocycles. The minimum absolute atomic E-state index is 0.410. The summed E-state index contributed by atoms with van der Waals surface area (Å²) in [6, 6.07) is 5.21. The molecule has 0 heterocycles. The van der Waals surface area contributed by atoms with Gasteiger partial charge >= 0.3 is 0 Å². The van der Waals surface area contributed by atoms with Crippen LogP contribution in [0.5, 0.6) is 0 Å². The Hall–Kier alpha value is -0.570. The van der Waals surface area contributed by atoms with Crippen molar-refractivity contribution in [3.05, 3.63) is 34.3 Å². The van der Waals surface area contributed by atoms with Crippen molar-refractivity contribution in [1.29, 1.82) is 0 Å². The normalized spacial score (nSPS) is 15.5. The van der Waals surface area contributed by atoms with Crippen molar-refractivity contribution in [3.63, 3.8) is 0 Å². The van der Waals surface area contributed by atoms with Gasteiger partial charge in [0.1, 0.15) is 0 Å². The fourth-order valence-electron chi connectivity index (χ4n) is 1.18. The van der Waals surface area contributed by atoms with Crippen LogP contribution in [0.3, 0.4) is 0 Å². The Balaban J connectivity index is 3.05. The van der Waals surface area contributed by atoms with Gasteiger partial charge in [-0.25, -0.2) is 0 Å². The standard InChI is InChI=1S/C10H14ClNO/c1-6-3-4-9(11)8(5-6)10(12)7(2)13/h3-5,7,10,13H,12H2,1-2H3/t7-,10-/m1/s1. The minimum atomic E-state index is -0.584. The van der Waals surface area contributed by atoms with E-state index in [1.165, 1.54) is 0 Å². The summed E-state index contributed by atoms with van der Waals surface area (Å²) in [5.74, 6) is 0. The predicted molar refractivity (Wildman–Crippen MR) is 54.8 cm³/mol. The zero-order valence-electron chi connectivity index (χ0n) is 7.79.